The Morgan fingerprint density at radius 3 is 1.44 bits per heavy atom. The molecule has 2 aromatic heterocycles. The number of carbonyl (C=O) groups is 6. The van der Waals surface area contributed by atoms with Gasteiger partial charge in [-0.05, 0) is 73.5 Å². The molecule has 5 heterocycles. The van der Waals surface area contributed by atoms with E-state index in [9.17, 15) is 28.8 Å². The fourth-order valence-corrected chi connectivity index (χ4v) is 10.1. The number of ether oxygens (including phenoxy) is 2. The van der Waals surface area contributed by atoms with Crippen LogP contribution in [-0.4, -0.2) is 107 Å². The van der Waals surface area contributed by atoms with Gasteiger partial charge in [0.15, 0.2) is 10.3 Å². The number of nitrogens with zero attached hydrogens (tertiary/aromatic N) is 5. The summed E-state index contributed by atoms with van der Waals surface area (Å²) in [6, 6.07) is 5.09. The first-order valence-corrected chi connectivity index (χ1v) is 23.4. The van der Waals surface area contributed by atoms with Crippen molar-refractivity contribution in [2.45, 2.75) is 129 Å². The van der Waals surface area contributed by atoms with Gasteiger partial charge in [-0.15, -0.1) is 22.7 Å². The van der Waals surface area contributed by atoms with Gasteiger partial charge >= 0.3 is 12.2 Å². The molecule has 6 atom stereocenters. The van der Waals surface area contributed by atoms with Gasteiger partial charge < -0.3 is 45.4 Å². The largest absolute Gasteiger partial charge is 0.453 e. The van der Waals surface area contributed by atoms with Crippen LogP contribution in [0, 0.1) is 11.8 Å². The van der Waals surface area contributed by atoms with Gasteiger partial charge in [-0.25, -0.2) is 19.6 Å². The highest BCUT2D eigenvalue weighted by Gasteiger charge is 2.42. The zero-order valence-corrected chi connectivity index (χ0v) is 39.2. The Bertz CT molecular complexity index is 2010. The highest BCUT2D eigenvalue weighted by molar-refractivity contribution is 7.14. The summed E-state index contributed by atoms with van der Waals surface area (Å²) in [6.45, 7) is 14.6. The molecule has 19 heteroatoms. The highest BCUT2D eigenvalue weighted by Crippen LogP contribution is 2.48. The van der Waals surface area contributed by atoms with Crippen LogP contribution >= 0.6 is 22.7 Å². The van der Waals surface area contributed by atoms with Gasteiger partial charge in [-0.1, -0.05) is 60.6 Å². The van der Waals surface area contributed by atoms with Gasteiger partial charge in [0.2, 0.25) is 23.6 Å². The molecule has 0 spiro atoms. The van der Waals surface area contributed by atoms with Crippen LogP contribution in [0.2, 0.25) is 0 Å². The summed E-state index contributed by atoms with van der Waals surface area (Å²) in [5.41, 5.74) is 3.70. The zero-order chi connectivity index (χ0) is 45.7. The average Bonchev–Trinajstić information content (AvgIpc) is 4.10. The molecular formula is C44H61N9O8S2. The second-order valence-electron chi connectivity index (χ2n) is 18.0. The second kappa shape index (κ2) is 20.0. The van der Waals surface area contributed by atoms with E-state index in [4.69, 9.17) is 19.4 Å². The first-order chi connectivity index (χ1) is 29.9. The molecule has 2 unspecified atom stereocenters. The molecule has 3 aromatic rings. The second-order valence-corrected chi connectivity index (χ2v) is 19.8. The quantitative estimate of drug-likeness (QED) is 0.144. The van der Waals surface area contributed by atoms with Crippen LogP contribution in [0.15, 0.2) is 35.0 Å². The molecule has 4 N–H and O–H groups in total. The minimum absolute atomic E-state index is 0.0491. The Morgan fingerprint density at radius 1 is 0.667 bits per heavy atom. The van der Waals surface area contributed by atoms with Crippen molar-refractivity contribution >= 4 is 74.4 Å². The lowest BCUT2D eigenvalue weighted by Crippen LogP contribution is -2.54. The maximum atomic E-state index is 13.8. The SMILES string of the molecule is COC(=O)N[C@H](C(=O)N1CCC[C@H]1C(=O)Nc1nc(C2CCC(c3csc(NC(=O)[C@@H]4CCCN4C(=O)[C@@H](NC(=O)OC)C(C)C)n3)N2c2ccc(C(C)(C)C)cc2)cs1)C(C)C. The van der Waals surface area contributed by atoms with Crippen molar-refractivity contribution in [2.75, 3.05) is 42.8 Å². The normalized spacial score (nSPS) is 21.0. The number of thiazole rings is 2. The molecule has 17 nitrogen and oxygen atoms in total. The third-order valence-electron chi connectivity index (χ3n) is 12.1. The van der Waals surface area contributed by atoms with E-state index in [1.165, 1.54) is 52.3 Å². The van der Waals surface area contributed by atoms with Crippen molar-refractivity contribution in [3.8, 4) is 0 Å². The maximum absolute atomic E-state index is 13.8. The number of nitrogens with one attached hydrogen (secondary N) is 4. The molecular weight excluding hydrogens is 847 g/mol. The number of alkyl carbamates (subject to hydrolysis) is 2. The molecule has 0 aliphatic carbocycles. The van der Waals surface area contributed by atoms with Crippen molar-refractivity contribution in [3.05, 3.63) is 52.0 Å². The van der Waals surface area contributed by atoms with Crippen LogP contribution in [0.3, 0.4) is 0 Å². The summed E-state index contributed by atoms with van der Waals surface area (Å²) < 4.78 is 9.48. The van der Waals surface area contributed by atoms with E-state index in [0.29, 0.717) is 49.0 Å². The minimum atomic E-state index is -0.838. The number of benzene rings is 1. The van der Waals surface area contributed by atoms with Crippen molar-refractivity contribution in [3.63, 3.8) is 0 Å². The van der Waals surface area contributed by atoms with E-state index in [0.717, 1.165) is 29.9 Å². The predicted molar refractivity (Wildman–Crippen MR) is 242 cm³/mol. The topological polar surface area (TPSA) is 204 Å². The van der Waals surface area contributed by atoms with Crippen molar-refractivity contribution in [1.82, 2.24) is 30.4 Å². The maximum Gasteiger partial charge on any atom is 0.407 e. The summed E-state index contributed by atoms with van der Waals surface area (Å²) in [7, 11) is 2.48. The zero-order valence-electron chi connectivity index (χ0n) is 37.6. The third-order valence-corrected chi connectivity index (χ3v) is 13.6. The van der Waals surface area contributed by atoms with E-state index in [-0.39, 0.29) is 53.0 Å². The molecule has 0 saturated carbocycles. The molecule has 6 amide bonds. The number of hydrogen-bond donors (Lipinski definition) is 4. The molecule has 0 bridgehead atoms. The first kappa shape index (κ1) is 47.2. The number of likely N-dealkylation sites (tertiary alicyclic amines) is 2. The van der Waals surface area contributed by atoms with Gasteiger partial charge in [0, 0.05) is 29.5 Å². The molecule has 3 aliphatic rings. The molecule has 6 rings (SSSR count). The van der Waals surface area contributed by atoms with E-state index in [1.807, 2.05) is 38.5 Å². The summed E-state index contributed by atoms with van der Waals surface area (Å²) in [4.78, 5) is 94.0. The van der Waals surface area contributed by atoms with E-state index in [2.05, 4.69) is 71.2 Å². The Hall–Kier alpha value is -5.30. The lowest BCUT2D eigenvalue weighted by molar-refractivity contribution is -0.139. The molecule has 1 aromatic carbocycles. The van der Waals surface area contributed by atoms with Gasteiger partial charge in [0.05, 0.1) is 37.7 Å². The number of rotatable bonds is 13. The number of amides is 6. The molecule has 3 fully saturated rings. The monoisotopic (exact) mass is 907 g/mol. The lowest BCUT2D eigenvalue weighted by Gasteiger charge is -2.32. The fourth-order valence-electron chi connectivity index (χ4n) is 8.62. The number of aromatic nitrogens is 2. The Kier molecular flexibility index (Phi) is 15.0. The Labute approximate surface area is 377 Å². The third kappa shape index (κ3) is 10.7. The van der Waals surface area contributed by atoms with Crippen LogP contribution in [0.1, 0.15) is 116 Å². The number of carbonyl (C=O) groups excluding carboxylic acids is 6. The number of methoxy groups -OCH3 is 2. The van der Waals surface area contributed by atoms with Crippen LogP contribution in [0.4, 0.5) is 25.5 Å². The van der Waals surface area contributed by atoms with E-state index >= 15 is 0 Å². The predicted octanol–water partition coefficient (Wildman–Crippen LogP) is 6.60. The van der Waals surface area contributed by atoms with Crippen LogP contribution in [0.5, 0.6) is 0 Å². The summed E-state index contributed by atoms with van der Waals surface area (Å²) in [5.74, 6) is -1.77. The molecule has 63 heavy (non-hydrogen) atoms. The standard InChI is InChI=1S/C44H61N9O8S2/c1-24(2)34(47-42(58)60-8)38(56)51-20-10-12-32(51)36(54)49-40-45-28(22-62-40)30-18-19-31(53(30)27-16-14-26(15-17-27)44(5,6)7)29-23-63-41(46-29)50-37(55)33-13-11-21-52(33)39(57)35(25(3)4)48-43(59)61-9/h14-17,22-25,30-35H,10-13,18-21H2,1-9H3,(H,47,58)(H,48,59)(H,45,49,54)(H,46,50,55)/t30?,31?,32-,33-,34-,35-/m0/s1. The Balaban J connectivity index is 1.19. The fraction of sp³-hybridized carbons (Fsp3) is 0.591. The van der Waals surface area contributed by atoms with E-state index in [1.54, 1.807) is 0 Å². The Morgan fingerprint density at radius 2 is 1.08 bits per heavy atom. The molecule has 342 valence electrons. The first-order valence-electron chi connectivity index (χ1n) is 21.6. The smallest absolute Gasteiger partial charge is 0.407 e. The van der Waals surface area contributed by atoms with Crippen molar-refractivity contribution in [2.24, 2.45) is 11.8 Å². The minimum Gasteiger partial charge on any atom is -0.453 e. The van der Waals surface area contributed by atoms with Crippen molar-refractivity contribution in [1.29, 1.82) is 0 Å². The van der Waals surface area contributed by atoms with Gasteiger partial charge in [0.25, 0.3) is 0 Å². The van der Waals surface area contributed by atoms with E-state index < -0.39 is 36.4 Å². The summed E-state index contributed by atoms with van der Waals surface area (Å²) in [5, 5.41) is 16.0. The molecule has 3 saturated heterocycles. The summed E-state index contributed by atoms with van der Waals surface area (Å²) in [6.07, 6.45) is 2.35. The lowest BCUT2D eigenvalue weighted by atomic mass is 9.87. The van der Waals surface area contributed by atoms with Gasteiger partial charge in [0.1, 0.15) is 24.2 Å². The number of hydrogen-bond acceptors (Lipinski definition) is 13. The van der Waals surface area contributed by atoms with Crippen LogP contribution in [0.25, 0.3) is 0 Å². The number of anilines is 3. The van der Waals surface area contributed by atoms with Crippen molar-refractivity contribution < 1.29 is 38.2 Å². The van der Waals surface area contributed by atoms with Crippen LogP contribution in [-0.2, 0) is 34.1 Å². The molecule has 3 aliphatic heterocycles. The van der Waals surface area contributed by atoms with Crippen LogP contribution < -0.4 is 26.2 Å². The highest BCUT2D eigenvalue weighted by atomic mass is 32.1. The molecule has 0 radical (unpaired) electrons. The summed E-state index contributed by atoms with van der Waals surface area (Å²) >= 11 is 2.65. The van der Waals surface area contributed by atoms with Gasteiger partial charge in [-0.3, -0.25) is 19.2 Å². The van der Waals surface area contributed by atoms with Gasteiger partial charge in [-0.2, -0.15) is 0 Å². The average molecular weight is 908 g/mol.